The molecule has 1 fully saturated rings. The van der Waals surface area contributed by atoms with Crippen LogP contribution in [-0.2, 0) is 14.8 Å². The van der Waals surface area contributed by atoms with Crippen LogP contribution in [0.15, 0.2) is 45.8 Å². The summed E-state index contributed by atoms with van der Waals surface area (Å²) in [5, 5.41) is 7.13. The van der Waals surface area contributed by atoms with E-state index in [-0.39, 0.29) is 29.8 Å². The third kappa shape index (κ3) is 4.94. The highest BCUT2D eigenvalue weighted by atomic mass is 35.5. The number of nitrogens with one attached hydrogen (secondary N) is 1. The number of carbonyl (C=O) groups excluding carboxylic acids is 1. The molecule has 1 aromatic heterocycles. The van der Waals surface area contributed by atoms with Gasteiger partial charge in [0.1, 0.15) is 5.75 Å². The molecule has 0 unspecified atom stereocenters. The monoisotopic (exact) mass is 504 g/mol. The lowest BCUT2D eigenvalue weighted by atomic mass is 9.97. The molecule has 0 atom stereocenters. The van der Waals surface area contributed by atoms with Crippen molar-refractivity contribution < 1.29 is 22.5 Å². The van der Waals surface area contributed by atoms with Crippen molar-refractivity contribution in [2.45, 2.75) is 31.6 Å². The van der Waals surface area contributed by atoms with Gasteiger partial charge >= 0.3 is 0 Å². The predicted molar refractivity (Wildman–Crippen MR) is 127 cm³/mol. The summed E-state index contributed by atoms with van der Waals surface area (Å²) >= 11 is 6.13. The summed E-state index contributed by atoms with van der Waals surface area (Å²) in [6.07, 6.45) is 0.829. The van der Waals surface area contributed by atoms with E-state index in [2.05, 4.69) is 15.5 Å². The normalized spacial score (nSPS) is 15.3. The number of benzene rings is 2. The predicted octanol–water partition coefficient (Wildman–Crippen LogP) is 4.05. The van der Waals surface area contributed by atoms with E-state index in [0.717, 1.165) is 0 Å². The number of methoxy groups -OCH3 is 1. The van der Waals surface area contributed by atoms with Crippen LogP contribution in [0.25, 0.3) is 11.4 Å². The number of piperidine rings is 1. The second kappa shape index (κ2) is 9.73. The highest BCUT2D eigenvalue weighted by Gasteiger charge is 2.33. The third-order valence-corrected chi connectivity index (χ3v) is 8.17. The van der Waals surface area contributed by atoms with Gasteiger partial charge in [0.2, 0.25) is 27.6 Å². The van der Waals surface area contributed by atoms with Crippen molar-refractivity contribution in [3.8, 4) is 17.1 Å². The first-order valence-electron chi connectivity index (χ1n) is 10.7. The number of anilines is 1. The molecule has 2 aromatic carbocycles. The fourth-order valence-electron chi connectivity index (χ4n) is 3.92. The Bertz CT molecular complexity index is 1320. The van der Waals surface area contributed by atoms with Gasteiger partial charge in [-0.05, 0) is 49.6 Å². The maximum atomic E-state index is 13.4. The van der Waals surface area contributed by atoms with Gasteiger partial charge in [-0.25, -0.2) is 8.42 Å². The summed E-state index contributed by atoms with van der Waals surface area (Å²) in [6, 6.07) is 10.1. The number of hydrogen-bond acceptors (Lipinski definition) is 7. The molecule has 3 aromatic rings. The van der Waals surface area contributed by atoms with E-state index in [4.69, 9.17) is 20.9 Å². The van der Waals surface area contributed by atoms with Gasteiger partial charge in [-0.15, -0.1) is 0 Å². The third-order valence-electron chi connectivity index (χ3n) is 5.84. The molecule has 0 spiro atoms. The van der Waals surface area contributed by atoms with Crippen LogP contribution in [0.4, 0.5) is 5.69 Å². The highest BCUT2D eigenvalue weighted by Crippen LogP contribution is 2.30. The number of hydrogen-bond donors (Lipinski definition) is 1. The van der Waals surface area contributed by atoms with Gasteiger partial charge in [-0.2, -0.15) is 9.29 Å². The van der Waals surface area contributed by atoms with Crippen molar-refractivity contribution in [2.75, 3.05) is 25.5 Å². The molecule has 0 bridgehead atoms. The first kappa shape index (κ1) is 24.2. The van der Waals surface area contributed by atoms with E-state index in [0.29, 0.717) is 52.1 Å². The molecular weight excluding hydrogens is 480 g/mol. The van der Waals surface area contributed by atoms with Crippen LogP contribution in [-0.4, -0.2) is 49.0 Å². The van der Waals surface area contributed by atoms with Gasteiger partial charge in [-0.3, -0.25) is 4.79 Å². The highest BCUT2D eigenvalue weighted by molar-refractivity contribution is 7.89. The van der Waals surface area contributed by atoms with Crippen molar-refractivity contribution in [3.05, 3.63) is 52.9 Å². The van der Waals surface area contributed by atoms with E-state index in [1.54, 1.807) is 50.2 Å². The summed E-state index contributed by atoms with van der Waals surface area (Å²) < 4.78 is 38.4. The molecule has 1 N–H and O–H groups in total. The Morgan fingerprint density at radius 1 is 1.18 bits per heavy atom. The van der Waals surface area contributed by atoms with E-state index in [1.165, 1.54) is 11.4 Å². The fourth-order valence-corrected chi connectivity index (χ4v) is 5.90. The molecule has 0 saturated carbocycles. The smallest absolute Gasteiger partial charge is 0.243 e. The Hall–Kier alpha value is -2.95. The van der Waals surface area contributed by atoms with Crippen LogP contribution >= 0.6 is 11.6 Å². The molecule has 34 heavy (non-hydrogen) atoms. The van der Waals surface area contributed by atoms with Crippen molar-refractivity contribution >= 4 is 33.2 Å². The van der Waals surface area contributed by atoms with Gasteiger partial charge in [0.05, 0.1) is 17.0 Å². The topological polar surface area (TPSA) is 115 Å². The average molecular weight is 505 g/mol. The minimum Gasteiger partial charge on any atom is -0.495 e. The molecule has 1 amide bonds. The Morgan fingerprint density at radius 2 is 1.91 bits per heavy atom. The molecular formula is C23H25ClN4O5S. The zero-order chi connectivity index (χ0) is 24.5. The van der Waals surface area contributed by atoms with Crippen molar-refractivity contribution in [1.29, 1.82) is 0 Å². The van der Waals surface area contributed by atoms with Gasteiger partial charge in [0, 0.05) is 37.2 Å². The maximum Gasteiger partial charge on any atom is 0.243 e. The van der Waals surface area contributed by atoms with Crippen LogP contribution in [0.3, 0.4) is 0 Å². The molecule has 1 saturated heterocycles. The number of carbonyl (C=O) groups is 1. The molecule has 4 rings (SSSR count). The molecule has 1 aliphatic heterocycles. The number of ether oxygens (including phenoxy) is 1. The maximum absolute atomic E-state index is 13.4. The molecule has 0 radical (unpaired) electrons. The summed E-state index contributed by atoms with van der Waals surface area (Å²) in [5.74, 6) is 0.790. The second-order valence-electron chi connectivity index (χ2n) is 8.13. The van der Waals surface area contributed by atoms with E-state index in [1.807, 2.05) is 0 Å². The zero-order valence-electron chi connectivity index (χ0n) is 19.0. The zero-order valence-corrected chi connectivity index (χ0v) is 20.6. The molecule has 180 valence electrons. The largest absolute Gasteiger partial charge is 0.495 e. The number of rotatable bonds is 6. The lowest BCUT2D eigenvalue weighted by molar-refractivity contribution is -0.120. The van der Waals surface area contributed by atoms with E-state index in [9.17, 15) is 13.2 Å². The molecule has 1 aliphatic rings. The van der Waals surface area contributed by atoms with Gasteiger partial charge in [-0.1, -0.05) is 28.9 Å². The number of halogens is 1. The minimum atomic E-state index is -3.75. The first-order chi connectivity index (χ1) is 16.2. The molecule has 9 nitrogen and oxygen atoms in total. The number of aromatic nitrogens is 2. The van der Waals surface area contributed by atoms with Crippen LogP contribution in [0, 0.1) is 19.8 Å². The first-order valence-corrected chi connectivity index (χ1v) is 12.6. The summed E-state index contributed by atoms with van der Waals surface area (Å²) in [6.45, 7) is 3.91. The number of aryl methyl sites for hydroxylation is 2. The lowest BCUT2D eigenvalue weighted by Crippen LogP contribution is -2.41. The quantitative estimate of drug-likeness (QED) is 0.538. The Labute approximate surface area is 203 Å². The fraction of sp³-hybridized carbons (Fsp3) is 0.348. The summed E-state index contributed by atoms with van der Waals surface area (Å²) in [5.41, 5.74) is 1.75. The Balaban J connectivity index is 1.44. The Morgan fingerprint density at radius 3 is 2.53 bits per heavy atom. The Kier molecular flexibility index (Phi) is 6.92. The van der Waals surface area contributed by atoms with Crippen LogP contribution in [0.5, 0.6) is 5.75 Å². The number of nitrogens with zero attached hydrogens (tertiary/aromatic N) is 3. The van der Waals surface area contributed by atoms with E-state index >= 15 is 0 Å². The SMILES string of the molecule is COc1ccc(NC(=O)C2CCN(S(=O)(=O)c3cc(-c4noc(C)n4)ccc3C)CC2)cc1Cl. The minimum absolute atomic E-state index is 0.163. The van der Waals surface area contributed by atoms with Crippen molar-refractivity contribution in [2.24, 2.45) is 5.92 Å². The second-order valence-corrected chi connectivity index (χ2v) is 10.4. The lowest BCUT2D eigenvalue weighted by Gasteiger charge is -2.31. The standard InChI is InChI=1S/C23H25ClN4O5S/c1-14-4-5-17(22-25-15(2)33-27-22)12-21(14)34(30,31)28-10-8-16(9-11-28)23(29)26-18-6-7-20(32-3)19(24)13-18/h4-7,12-13,16H,8-11H2,1-3H3,(H,26,29). The van der Waals surface area contributed by atoms with Crippen LogP contribution in [0.1, 0.15) is 24.3 Å². The van der Waals surface area contributed by atoms with E-state index < -0.39 is 10.0 Å². The molecule has 2 heterocycles. The molecule has 0 aliphatic carbocycles. The van der Waals surface area contributed by atoms with Crippen LogP contribution < -0.4 is 10.1 Å². The summed E-state index contributed by atoms with van der Waals surface area (Å²) in [7, 11) is -2.23. The molecule has 11 heteroatoms. The number of sulfonamides is 1. The van der Waals surface area contributed by atoms with Gasteiger partial charge < -0.3 is 14.6 Å². The van der Waals surface area contributed by atoms with Crippen molar-refractivity contribution in [3.63, 3.8) is 0 Å². The van der Waals surface area contributed by atoms with Gasteiger partial charge in [0.15, 0.2) is 0 Å². The average Bonchev–Trinajstić information content (AvgIpc) is 3.25. The van der Waals surface area contributed by atoms with Crippen molar-refractivity contribution in [1.82, 2.24) is 14.4 Å². The van der Waals surface area contributed by atoms with Crippen LogP contribution in [0.2, 0.25) is 5.02 Å². The number of amides is 1. The summed E-state index contributed by atoms with van der Waals surface area (Å²) in [4.78, 5) is 17.1. The van der Waals surface area contributed by atoms with Gasteiger partial charge in [0.25, 0.3) is 0 Å².